The van der Waals surface area contributed by atoms with E-state index in [9.17, 15) is 0 Å². The molecule has 0 bridgehead atoms. The monoisotopic (exact) mass is 252 g/mol. The number of methoxy groups -OCH3 is 1. The molecule has 2 saturated carbocycles. The van der Waals surface area contributed by atoms with Crippen LogP contribution in [0.15, 0.2) is 0 Å². The van der Waals surface area contributed by atoms with Crippen LogP contribution in [0.5, 0.6) is 0 Å². The molecule has 3 aliphatic rings. The standard InChI is InChI=1S/C15H28N2O/c1-12-9-16-14(2,13-5-6-13)10-17(12)11-15(18-3)7-4-8-15/h12-13,16H,4-11H2,1-3H3. The van der Waals surface area contributed by atoms with Crippen LogP contribution in [-0.4, -0.2) is 48.8 Å². The van der Waals surface area contributed by atoms with E-state index >= 15 is 0 Å². The summed E-state index contributed by atoms with van der Waals surface area (Å²) in [4.78, 5) is 2.68. The molecule has 18 heavy (non-hydrogen) atoms. The van der Waals surface area contributed by atoms with Crippen molar-refractivity contribution in [3.8, 4) is 0 Å². The zero-order valence-electron chi connectivity index (χ0n) is 12.2. The van der Waals surface area contributed by atoms with Gasteiger partial charge in [0.25, 0.3) is 0 Å². The SMILES string of the molecule is COC1(CN2CC(C)(C3CC3)NCC2C)CCC1. The van der Waals surface area contributed by atoms with E-state index in [1.807, 2.05) is 7.11 Å². The highest BCUT2D eigenvalue weighted by Crippen LogP contribution is 2.42. The normalized spacial score (nSPS) is 40.5. The Morgan fingerprint density at radius 1 is 1.33 bits per heavy atom. The minimum atomic E-state index is 0.177. The second kappa shape index (κ2) is 4.46. The molecular weight excluding hydrogens is 224 g/mol. The first kappa shape index (κ1) is 12.9. The van der Waals surface area contributed by atoms with E-state index in [1.165, 1.54) is 38.6 Å². The van der Waals surface area contributed by atoms with E-state index in [-0.39, 0.29) is 5.60 Å². The molecule has 3 fully saturated rings. The fourth-order valence-corrected chi connectivity index (χ4v) is 3.72. The highest BCUT2D eigenvalue weighted by molar-refractivity contribution is 5.05. The molecule has 1 aliphatic heterocycles. The summed E-state index contributed by atoms with van der Waals surface area (Å²) in [5.74, 6) is 0.910. The Morgan fingerprint density at radius 2 is 2.06 bits per heavy atom. The van der Waals surface area contributed by atoms with Crippen molar-refractivity contribution in [1.82, 2.24) is 10.2 Å². The first-order valence-electron chi connectivity index (χ1n) is 7.61. The van der Waals surface area contributed by atoms with Gasteiger partial charge >= 0.3 is 0 Å². The number of piperazine rings is 1. The summed E-state index contributed by atoms with van der Waals surface area (Å²) in [6.07, 6.45) is 6.68. The highest BCUT2D eigenvalue weighted by Gasteiger charge is 2.47. The summed E-state index contributed by atoms with van der Waals surface area (Å²) < 4.78 is 5.81. The van der Waals surface area contributed by atoms with Crippen molar-refractivity contribution < 1.29 is 4.74 Å². The van der Waals surface area contributed by atoms with Gasteiger partial charge in [0, 0.05) is 38.3 Å². The van der Waals surface area contributed by atoms with Gasteiger partial charge in [0.05, 0.1) is 5.60 Å². The van der Waals surface area contributed by atoms with Crippen molar-refractivity contribution in [3.05, 3.63) is 0 Å². The molecule has 1 saturated heterocycles. The second-order valence-corrected chi connectivity index (χ2v) is 7.07. The maximum absolute atomic E-state index is 5.81. The van der Waals surface area contributed by atoms with Crippen LogP contribution in [-0.2, 0) is 4.74 Å². The van der Waals surface area contributed by atoms with Gasteiger partial charge < -0.3 is 10.1 Å². The maximum atomic E-state index is 5.81. The molecule has 0 aromatic carbocycles. The lowest BCUT2D eigenvalue weighted by atomic mass is 9.78. The van der Waals surface area contributed by atoms with Crippen LogP contribution < -0.4 is 5.32 Å². The molecule has 0 radical (unpaired) electrons. The Labute approximate surface area is 111 Å². The molecule has 3 rings (SSSR count). The number of hydrogen-bond acceptors (Lipinski definition) is 3. The van der Waals surface area contributed by atoms with E-state index in [1.54, 1.807) is 0 Å². The molecule has 104 valence electrons. The largest absolute Gasteiger partial charge is 0.377 e. The molecule has 1 heterocycles. The van der Waals surface area contributed by atoms with Crippen LogP contribution in [0.2, 0.25) is 0 Å². The van der Waals surface area contributed by atoms with Crippen LogP contribution in [0.4, 0.5) is 0 Å². The summed E-state index contributed by atoms with van der Waals surface area (Å²) in [6.45, 7) is 8.23. The van der Waals surface area contributed by atoms with E-state index in [4.69, 9.17) is 4.74 Å². The Balaban J connectivity index is 1.65. The van der Waals surface area contributed by atoms with Gasteiger partial charge in [-0.05, 0) is 51.9 Å². The van der Waals surface area contributed by atoms with Crippen LogP contribution >= 0.6 is 0 Å². The Hall–Kier alpha value is -0.120. The molecule has 1 N–H and O–H groups in total. The third-order valence-corrected chi connectivity index (χ3v) is 5.62. The second-order valence-electron chi connectivity index (χ2n) is 7.07. The lowest BCUT2D eigenvalue weighted by Crippen LogP contribution is -2.66. The van der Waals surface area contributed by atoms with Crippen molar-refractivity contribution in [2.75, 3.05) is 26.7 Å². The Kier molecular flexibility index (Phi) is 3.20. The van der Waals surface area contributed by atoms with Crippen molar-refractivity contribution in [2.45, 2.75) is 63.1 Å². The predicted molar refractivity (Wildman–Crippen MR) is 73.8 cm³/mol. The molecule has 3 nitrogen and oxygen atoms in total. The quantitative estimate of drug-likeness (QED) is 0.828. The molecular formula is C15H28N2O. The third kappa shape index (κ3) is 2.21. The molecule has 2 aliphatic carbocycles. The number of nitrogens with one attached hydrogen (secondary N) is 1. The summed E-state index contributed by atoms with van der Waals surface area (Å²) in [7, 11) is 1.89. The zero-order valence-corrected chi connectivity index (χ0v) is 12.2. The molecule has 0 spiro atoms. The first-order valence-corrected chi connectivity index (χ1v) is 7.61. The summed E-state index contributed by atoms with van der Waals surface area (Å²) in [5.41, 5.74) is 0.529. The van der Waals surface area contributed by atoms with Crippen LogP contribution in [0.1, 0.15) is 46.0 Å². The van der Waals surface area contributed by atoms with Gasteiger partial charge in [-0.1, -0.05) is 0 Å². The Morgan fingerprint density at radius 3 is 2.56 bits per heavy atom. The number of rotatable bonds is 4. The van der Waals surface area contributed by atoms with Gasteiger partial charge in [0.15, 0.2) is 0 Å². The number of nitrogens with zero attached hydrogens (tertiary/aromatic N) is 1. The predicted octanol–water partition coefficient (Wildman–Crippen LogP) is 2.02. The zero-order chi connectivity index (χ0) is 12.8. The lowest BCUT2D eigenvalue weighted by molar-refractivity contribution is -0.105. The van der Waals surface area contributed by atoms with Gasteiger partial charge in [0.1, 0.15) is 0 Å². The number of ether oxygens (including phenoxy) is 1. The lowest BCUT2D eigenvalue weighted by Gasteiger charge is -2.51. The van der Waals surface area contributed by atoms with Gasteiger partial charge in [-0.2, -0.15) is 0 Å². The average molecular weight is 252 g/mol. The highest BCUT2D eigenvalue weighted by atomic mass is 16.5. The van der Waals surface area contributed by atoms with Gasteiger partial charge in [-0.25, -0.2) is 0 Å². The van der Waals surface area contributed by atoms with Crippen molar-refractivity contribution >= 4 is 0 Å². The van der Waals surface area contributed by atoms with Gasteiger partial charge in [-0.15, -0.1) is 0 Å². The van der Waals surface area contributed by atoms with Crippen LogP contribution in [0, 0.1) is 5.92 Å². The van der Waals surface area contributed by atoms with Gasteiger partial charge in [-0.3, -0.25) is 4.90 Å². The fourth-order valence-electron chi connectivity index (χ4n) is 3.72. The van der Waals surface area contributed by atoms with Crippen molar-refractivity contribution in [3.63, 3.8) is 0 Å². The summed E-state index contributed by atoms with van der Waals surface area (Å²) in [5, 5.41) is 3.79. The Bertz CT molecular complexity index is 304. The summed E-state index contributed by atoms with van der Waals surface area (Å²) in [6, 6.07) is 0.643. The van der Waals surface area contributed by atoms with E-state index in [2.05, 4.69) is 24.1 Å². The fraction of sp³-hybridized carbons (Fsp3) is 1.00. The van der Waals surface area contributed by atoms with Crippen molar-refractivity contribution in [2.24, 2.45) is 5.92 Å². The molecule has 0 aromatic heterocycles. The van der Waals surface area contributed by atoms with Crippen LogP contribution in [0.25, 0.3) is 0 Å². The van der Waals surface area contributed by atoms with E-state index in [0.29, 0.717) is 11.6 Å². The molecule has 0 amide bonds. The van der Waals surface area contributed by atoms with E-state index in [0.717, 1.165) is 19.0 Å². The maximum Gasteiger partial charge on any atom is 0.0805 e. The molecule has 3 heteroatoms. The smallest absolute Gasteiger partial charge is 0.0805 e. The van der Waals surface area contributed by atoms with Crippen LogP contribution in [0.3, 0.4) is 0 Å². The minimum Gasteiger partial charge on any atom is -0.377 e. The summed E-state index contributed by atoms with van der Waals surface area (Å²) >= 11 is 0. The molecule has 0 aromatic rings. The number of hydrogen-bond donors (Lipinski definition) is 1. The topological polar surface area (TPSA) is 24.5 Å². The van der Waals surface area contributed by atoms with E-state index < -0.39 is 0 Å². The minimum absolute atomic E-state index is 0.177. The van der Waals surface area contributed by atoms with Gasteiger partial charge in [0.2, 0.25) is 0 Å². The molecule has 2 unspecified atom stereocenters. The first-order chi connectivity index (χ1) is 8.57. The molecule has 2 atom stereocenters. The third-order valence-electron chi connectivity index (χ3n) is 5.62. The average Bonchev–Trinajstić information content (AvgIpc) is 3.12. The van der Waals surface area contributed by atoms with Crippen molar-refractivity contribution in [1.29, 1.82) is 0 Å².